The highest BCUT2D eigenvalue weighted by atomic mass is 16.3. The second-order valence-electron chi connectivity index (χ2n) is 6.10. The SMILES string of the molecule is CCC(C)(CN)CN1CC(O)CC1CN(C)C. The van der Waals surface area contributed by atoms with Crippen molar-refractivity contribution < 1.29 is 5.11 Å². The first-order chi connectivity index (χ1) is 7.90. The summed E-state index contributed by atoms with van der Waals surface area (Å²) >= 11 is 0. The zero-order chi connectivity index (χ0) is 13.1. The lowest BCUT2D eigenvalue weighted by molar-refractivity contribution is 0.124. The van der Waals surface area contributed by atoms with Crippen LogP contribution in [0, 0.1) is 5.41 Å². The van der Waals surface area contributed by atoms with E-state index >= 15 is 0 Å². The molecule has 0 spiro atoms. The van der Waals surface area contributed by atoms with Crippen molar-refractivity contribution in [2.75, 3.05) is 40.3 Å². The van der Waals surface area contributed by atoms with Crippen molar-refractivity contribution in [1.82, 2.24) is 9.80 Å². The fourth-order valence-corrected chi connectivity index (χ4v) is 2.57. The normalized spacial score (nSPS) is 29.8. The van der Waals surface area contributed by atoms with Crippen LogP contribution in [0.2, 0.25) is 0 Å². The molecule has 0 aromatic rings. The Hall–Kier alpha value is -0.160. The van der Waals surface area contributed by atoms with Crippen LogP contribution in [0.1, 0.15) is 26.7 Å². The third kappa shape index (κ3) is 4.21. The van der Waals surface area contributed by atoms with Crippen molar-refractivity contribution in [2.24, 2.45) is 11.1 Å². The lowest BCUT2D eigenvalue weighted by atomic mass is 9.87. The molecule has 0 amide bonds. The molecule has 0 aromatic carbocycles. The number of likely N-dealkylation sites (N-methyl/N-ethyl adjacent to an activating group) is 1. The number of nitrogens with zero attached hydrogens (tertiary/aromatic N) is 2. The maximum atomic E-state index is 9.83. The Bertz CT molecular complexity index is 229. The summed E-state index contributed by atoms with van der Waals surface area (Å²) in [5, 5.41) is 9.83. The molecule has 1 saturated heterocycles. The number of aliphatic hydroxyl groups excluding tert-OH is 1. The Morgan fingerprint density at radius 3 is 2.59 bits per heavy atom. The first kappa shape index (κ1) is 14.9. The molecular formula is C13H29N3O. The Labute approximate surface area is 106 Å². The van der Waals surface area contributed by atoms with Crippen molar-refractivity contribution in [3.05, 3.63) is 0 Å². The molecule has 1 rings (SSSR count). The Morgan fingerprint density at radius 2 is 2.12 bits per heavy atom. The lowest BCUT2D eigenvalue weighted by Crippen LogP contribution is -2.45. The van der Waals surface area contributed by atoms with Crippen LogP contribution in [0.5, 0.6) is 0 Å². The minimum absolute atomic E-state index is 0.168. The van der Waals surface area contributed by atoms with E-state index in [1.807, 2.05) is 0 Å². The van der Waals surface area contributed by atoms with Crippen LogP contribution in [0.25, 0.3) is 0 Å². The van der Waals surface area contributed by atoms with E-state index in [0.717, 1.165) is 32.5 Å². The molecule has 0 bridgehead atoms. The monoisotopic (exact) mass is 243 g/mol. The van der Waals surface area contributed by atoms with Gasteiger partial charge in [-0.3, -0.25) is 4.90 Å². The first-order valence-electron chi connectivity index (χ1n) is 6.67. The summed E-state index contributed by atoms with van der Waals surface area (Å²) in [6.07, 6.45) is 1.81. The van der Waals surface area contributed by atoms with Crippen LogP contribution in [-0.2, 0) is 0 Å². The van der Waals surface area contributed by atoms with Crippen molar-refractivity contribution in [2.45, 2.75) is 38.8 Å². The highest BCUT2D eigenvalue weighted by Gasteiger charge is 2.35. The van der Waals surface area contributed by atoms with Crippen molar-refractivity contribution in [3.63, 3.8) is 0 Å². The first-order valence-corrected chi connectivity index (χ1v) is 6.67. The topological polar surface area (TPSA) is 52.7 Å². The summed E-state index contributed by atoms with van der Waals surface area (Å²) in [4.78, 5) is 4.61. The van der Waals surface area contributed by atoms with Crippen LogP contribution >= 0.6 is 0 Å². The van der Waals surface area contributed by atoms with Gasteiger partial charge in [-0.15, -0.1) is 0 Å². The standard InChI is InChI=1S/C13H29N3O/c1-5-13(2,9-14)10-16-8-12(17)6-11(16)7-15(3)4/h11-12,17H,5-10,14H2,1-4H3. The van der Waals surface area contributed by atoms with Gasteiger partial charge in [-0.25, -0.2) is 0 Å². The maximum Gasteiger partial charge on any atom is 0.0682 e. The highest BCUT2D eigenvalue weighted by Crippen LogP contribution is 2.26. The van der Waals surface area contributed by atoms with Gasteiger partial charge in [-0.1, -0.05) is 13.8 Å². The summed E-state index contributed by atoms with van der Waals surface area (Å²) in [6, 6.07) is 0.470. The van der Waals surface area contributed by atoms with Gasteiger partial charge in [-0.2, -0.15) is 0 Å². The van der Waals surface area contributed by atoms with Gasteiger partial charge in [0.2, 0.25) is 0 Å². The molecule has 102 valence electrons. The molecule has 4 nitrogen and oxygen atoms in total. The lowest BCUT2D eigenvalue weighted by Gasteiger charge is -2.35. The van der Waals surface area contributed by atoms with E-state index in [9.17, 15) is 5.11 Å². The van der Waals surface area contributed by atoms with Gasteiger partial charge in [0, 0.05) is 25.7 Å². The van der Waals surface area contributed by atoms with E-state index in [0.29, 0.717) is 12.6 Å². The predicted octanol–water partition coefficient (Wildman–Crippen LogP) is 0.358. The van der Waals surface area contributed by atoms with Gasteiger partial charge in [0.15, 0.2) is 0 Å². The third-order valence-electron chi connectivity index (χ3n) is 4.01. The number of nitrogens with two attached hydrogens (primary N) is 1. The molecule has 1 aliphatic rings. The fraction of sp³-hybridized carbons (Fsp3) is 1.00. The zero-order valence-electron chi connectivity index (χ0n) is 11.8. The molecule has 1 aliphatic heterocycles. The molecule has 0 saturated carbocycles. The van der Waals surface area contributed by atoms with E-state index in [1.165, 1.54) is 0 Å². The average Bonchev–Trinajstić information content (AvgIpc) is 2.57. The number of hydrogen-bond acceptors (Lipinski definition) is 4. The number of likely N-dealkylation sites (tertiary alicyclic amines) is 1. The quantitative estimate of drug-likeness (QED) is 0.707. The van der Waals surface area contributed by atoms with Crippen LogP contribution in [0.15, 0.2) is 0 Å². The summed E-state index contributed by atoms with van der Waals surface area (Å²) in [5.41, 5.74) is 6.05. The van der Waals surface area contributed by atoms with E-state index in [4.69, 9.17) is 5.73 Å². The summed E-state index contributed by atoms with van der Waals surface area (Å²) in [6.45, 7) is 7.96. The number of hydrogen-bond donors (Lipinski definition) is 2. The van der Waals surface area contributed by atoms with E-state index in [2.05, 4.69) is 37.7 Å². The molecule has 1 fully saturated rings. The molecule has 0 aromatic heterocycles. The van der Waals surface area contributed by atoms with Gasteiger partial charge in [0.05, 0.1) is 6.10 Å². The second kappa shape index (κ2) is 6.14. The predicted molar refractivity (Wildman–Crippen MR) is 72.0 cm³/mol. The van der Waals surface area contributed by atoms with Crippen LogP contribution < -0.4 is 5.73 Å². The average molecular weight is 243 g/mol. The van der Waals surface area contributed by atoms with Gasteiger partial charge in [0.1, 0.15) is 0 Å². The van der Waals surface area contributed by atoms with Gasteiger partial charge in [-0.05, 0) is 38.9 Å². The largest absolute Gasteiger partial charge is 0.392 e. The number of aliphatic hydroxyl groups is 1. The van der Waals surface area contributed by atoms with Crippen molar-refractivity contribution in [1.29, 1.82) is 0 Å². The zero-order valence-corrected chi connectivity index (χ0v) is 11.8. The minimum atomic E-state index is -0.168. The molecular weight excluding hydrogens is 214 g/mol. The highest BCUT2D eigenvalue weighted by molar-refractivity contribution is 4.90. The van der Waals surface area contributed by atoms with E-state index < -0.39 is 0 Å². The van der Waals surface area contributed by atoms with E-state index in [1.54, 1.807) is 0 Å². The summed E-state index contributed by atoms with van der Waals surface area (Å²) < 4.78 is 0. The second-order valence-corrected chi connectivity index (χ2v) is 6.10. The minimum Gasteiger partial charge on any atom is -0.392 e. The molecule has 0 radical (unpaired) electrons. The van der Waals surface area contributed by atoms with Crippen LogP contribution in [0.3, 0.4) is 0 Å². The van der Waals surface area contributed by atoms with Crippen molar-refractivity contribution in [3.8, 4) is 0 Å². The van der Waals surface area contributed by atoms with Gasteiger partial charge < -0.3 is 15.7 Å². The van der Waals surface area contributed by atoms with Crippen LogP contribution in [0.4, 0.5) is 0 Å². The summed E-state index contributed by atoms with van der Waals surface area (Å²) in [5.74, 6) is 0. The van der Waals surface area contributed by atoms with Gasteiger partial charge in [0.25, 0.3) is 0 Å². The molecule has 4 heteroatoms. The van der Waals surface area contributed by atoms with Crippen LogP contribution in [-0.4, -0.2) is 67.3 Å². The molecule has 3 N–H and O–H groups in total. The Kier molecular flexibility index (Phi) is 5.38. The van der Waals surface area contributed by atoms with Crippen molar-refractivity contribution >= 4 is 0 Å². The van der Waals surface area contributed by atoms with Gasteiger partial charge >= 0.3 is 0 Å². The Balaban J connectivity index is 2.61. The molecule has 3 atom stereocenters. The molecule has 1 heterocycles. The number of rotatable bonds is 6. The fourth-order valence-electron chi connectivity index (χ4n) is 2.57. The smallest absolute Gasteiger partial charge is 0.0682 e. The third-order valence-corrected chi connectivity index (χ3v) is 4.01. The molecule has 17 heavy (non-hydrogen) atoms. The maximum absolute atomic E-state index is 9.83. The number of β-amino-alcohol motifs (C(OH)–C–C–N with tert-alkyl or cyclic N) is 1. The summed E-state index contributed by atoms with van der Waals surface area (Å²) in [7, 11) is 4.18. The molecule has 3 unspecified atom stereocenters. The van der Waals surface area contributed by atoms with E-state index in [-0.39, 0.29) is 11.5 Å². The molecule has 0 aliphatic carbocycles. The Morgan fingerprint density at radius 1 is 1.47 bits per heavy atom.